The molecule has 0 aromatic heterocycles. The molecule has 5 heteroatoms. The minimum Gasteiger partial charge on any atom is -0.508 e. The zero-order valence-electron chi connectivity index (χ0n) is 15.5. The van der Waals surface area contributed by atoms with Gasteiger partial charge in [-0.3, -0.25) is 4.79 Å². The van der Waals surface area contributed by atoms with Crippen molar-refractivity contribution in [2.45, 2.75) is 39.5 Å². The molecule has 1 unspecified atom stereocenters. The number of nitrogens with one attached hydrogen (secondary N) is 1. The van der Waals surface area contributed by atoms with Gasteiger partial charge in [-0.25, -0.2) is 5.43 Å². The van der Waals surface area contributed by atoms with Crippen LogP contribution in [0.4, 0.5) is 0 Å². The highest BCUT2D eigenvalue weighted by atomic mass is 16.5. The van der Waals surface area contributed by atoms with E-state index in [-0.39, 0.29) is 18.3 Å². The predicted octanol–water partition coefficient (Wildman–Crippen LogP) is 4.22. The molecule has 0 aliphatic carbocycles. The van der Waals surface area contributed by atoms with Crippen molar-refractivity contribution in [3.8, 4) is 11.5 Å². The van der Waals surface area contributed by atoms with Gasteiger partial charge in [0.05, 0.1) is 5.71 Å². The molecule has 0 aliphatic heterocycles. The third kappa shape index (κ3) is 5.34. The molecule has 0 fully saturated rings. The van der Waals surface area contributed by atoms with E-state index in [9.17, 15) is 9.90 Å². The Labute approximate surface area is 154 Å². The number of nitrogens with zero attached hydrogens (tertiary/aromatic N) is 1. The van der Waals surface area contributed by atoms with Crippen molar-refractivity contribution in [3.63, 3.8) is 0 Å². The molecule has 0 aliphatic rings. The number of phenols is 1. The van der Waals surface area contributed by atoms with Crippen molar-refractivity contribution < 1.29 is 14.6 Å². The van der Waals surface area contributed by atoms with Crippen LogP contribution in [0.15, 0.2) is 53.6 Å². The highest BCUT2D eigenvalue weighted by molar-refractivity contribution is 6.01. The Hall–Kier alpha value is -2.82. The fourth-order valence-corrected chi connectivity index (χ4v) is 2.55. The number of aromatic hydroxyl groups is 1. The summed E-state index contributed by atoms with van der Waals surface area (Å²) >= 11 is 0. The molecule has 0 spiro atoms. The first-order valence-electron chi connectivity index (χ1n) is 8.91. The van der Waals surface area contributed by atoms with Gasteiger partial charge in [-0.15, -0.1) is 0 Å². The summed E-state index contributed by atoms with van der Waals surface area (Å²) < 4.78 is 5.69. The van der Waals surface area contributed by atoms with Crippen molar-refractivity contribution in [2.75, 3.05) is 6.61 Å². The summed E-state index contributed by atoms with van der Waals surface area (Å²) in [6, 6.07) is 14.5. The van der Waals surface area contributed by atoms with Crippen LogP contribution in [-0.2, 0) is 4.79 Å². The Balaban J connectivity index is 1.97. The fraction of sp³-hybridized carbons (Fsp3) is 0.333. The van der Waals surface area contributed by atoms with Crippen LogP contribution < -0.4 is 10.2 Å². The smallest absolute Gasteiger partial charge is 0.277 e. The van der Waals surface area contributed by atoms with Crippen LogP contribution in [0.2, 0.25) is 0 Å². The van der Waals surface area contributed by atoms with Gasteiger partial charge >= 0.3 is 0 Å². The average molecular weight is 354 g/mol. The monoisotopic (exact) mass is 354 g/mol. The number of carbonyl (C=O) groups is 1. The third-order valence-corrected chi connectivity index (χ3v) is 4.27. The van der Waals surface area contributed by atoms with E-state index in [1.807, 2.05) is 31.2 Å². The number of ether oxygens (including phenoxy) is 1. The van der Waals surface area contributed by atoms with E-state index in [0.717, 1.165) is 29.0 Å². The van der Waals surface area contributed by atoms with E-state index >= 15 is 0 Å². The molecule has 0 bridgehead atoms. The lowest BCUT2D eigenvalue weighted by molar-refractivity contribution is -0.123. The van der Waals surface area contributed by atoms with Crippen LogP contribution in [-0.4, -0.2) is 23.3 Å². The van der Waals surface area contributed by atoms with Crippen molar-refractivity contribution in [1.82, 2.24) is 5.43 Å². The zero-order valence-corrected chi connectivity index (χ0v) is 15.5. The molecule has 2 aromatic carbocycles. The number of carbonyl (C=O) groups excluding carboxylic acids is 1. The minimum atomic E-state index is -0.311. The summed E-state index contributed by atoms with van der Waals surface area (Å²) in [5, 5.41) is 13.5. The Bertz CT molecular complexity index is 754. The zero-order chi connectivity index (χ0) is 18.9. The van der Waals surface area contributed by atoms with Crippen molar-refractivity contribution >= 4 is 11.6 Å². The Morgan fingerprint density at radius 3 is 2.50 bits per heavy atom. The third-order valence-electron chi connectivity index (χ3n) is 4.27. The average Bonchev–Trinajstić information content (AvgIpc) is 2.67. The van der Waals surface area contributed by atoms with Gasteiger partial charge in [-0.1, -0.05) is 39.0 Å². The summed E-state index contributed by atoms with van der Waals surface area (Å²) in [5.41, 5.74) is 5.23. The Kier molecular flexibility index (Phi) is 7.21. The molecule has 2 N–H and O–H groups in total. The van der Waals surface area contributed by atoms with Crippen molar-refractivity contribution in [1.29, 1.82) is 0 Å². The number of hydrazone groups is 1. The van der Waals surface area contributed by atoms with Crippen LogP contribution in [0.1, 0.15) is 50.7 Å². The molecule has 0 saturated heterocycles. The molecule has 26 heavy (non-hydrogen) atoms. The minimum absolute atomic E-state index is 0.0937. The van der Waals surface area contributed by atoms with Gasteiger partial charge in [0.25, 0.3) is 5.91 Å². The standard InChI is InChI=1S/C21H26N2O3/c1-4-15(3)18-8-6-7-9-20(18)26-14-21(25)23-22-19(5-2)16-10-12-17(24)13-11-16/h6-13,15,24H,4-5,14H2,1-3H3,(H,23,25)/b22-19+. The van der Waals surface area contributed by atoms with Crippen LogP contribution in [0.25, 0.3) is 0 Å². The first-order valence-corrected chi connectivity index (χ1v) is 8.91. The van der Waals surface area contributed by atoms with Gasteiger partial charge in [0.1, 0.15) is 11.5 Å². The van der Waals surface area contributed by atoms with Crippen LogP contribution >= 0.6 is 0 Å². The number of hydrogen-bond acceptors (Lipinski definition) is 4. The van der Waals surface area contributed by atoms with Crippen molar-refractivity contribution in [2.24, 2.45) is 5.10 Å². The predicted molar refractivity (Wildman–Crippen MR) is 104 cm³/mol. The summed E-state index contributed by atoms with van der Waals surface area (Å²) in [6.45, 7) is 6.12. The molecule has 0 saturated carbocycles. The second-order valence-electron chi connectivity index (χ2n) is 6.13. The number of para-hydroxylation sites is 1. The van der Waals surface area contributed by atoms with Crippen molar-refractivity contribution in [3.05, 3.63) is 59.7 Å². The summed E-state index contributed by atoms with van der Waals surface area (Å²) in [5.74, 6) is 0.985. The highest BCUT2D eigenvalue weighted by Gasteiger charge is 2.11. The molecular weight excluding hydrogens is 328 g/mol. The van der Waals surface area contributed by atoms with E-state index in [0.29, 0.717) is 12.3 Å². The van der Waals surface area contributed by atoms with E-state index in [2.05, 4.69) is 24.4 Å². The van der Waals surface area contributed by atoms with Gasteiger partial charge in [0.15, 0.2) is 6.61 Å². The summed E-state index contributed by atoms with van der Waals surface area (Å²) in [6.07, 6.45) is 1.66. The molecular formula is C21H26N2O3. The lowest BCUT2D eigenvalue weighted by atomic mass is 9.98. The largest absolute Gasteiger partial charge is 0.508 e. The first-order chi connectivity index (χ1) is 12.5. The van der Waals surface area contributed by atoms with Gasteiger partial charge in [0.2, 0.25) is 0 Å². The number of phenolic OH excluding ortho intramolecular Hbond substituents is 1. The number of hydrogen-bond donors (Lipinski definition) is 2. The normalized spacial score (nSPS) is 12.5. The van der Waals surface area contributed by atoms with E-state index in [1.54, 1.807) is 24.3 Å². The SMILES string of the molecule is CC/C(=N\NC(=O)COc1ccccc1C(C)CC)c1ccc(O)cc1. The lowest BCUT2D eigenvalue weighted by Gasteiger charge is -2.15. The molecule has 0 radical (unpaired) electrons. The molecule has 0 heterocycles. The number of amides is 1. The highest BCUT2D eigenvalue weighted by Crippen LogP contribution is 2.28. The summed E-state index contributed by atoms with van der Waals surface area (Å²) in [7, 11) is 0. The van der Waals surface area contributed by atoms with Gasteiger partial charge < -0.3 is 9.84 Å². The molecule has 1 amide bonds. The van der Waals surface area contributed by atoms with E-state index in [4.69, 9.17) is 4.74 Å². The molecule has 2 rings (SSSR count). The van der Waals surface area contributed by atoms with Gasteiger partial charge in [-0.05, 0) is 60.2 Å². The van der Waals surface area contributed by atoms with Gasteiger partial charge in [-0.2, -0.15) is 5.10 Å². The van der Waals surface area contributed by atoms with E-state index < -0.39 is 0 Å². The molecule has 5 nitrogen and oxygen atoms in total. The van der Waals surface area contributed by atoms with Crippen LogP contribution in [0.5, 0.6) is 11.5 Å². The van der Waals surface area contributed by atoms with Gasteiger partial charge in [0, 0.05) is 0 Å². The Morgan fingerprint density at radius 1 is 1.15 bits per heavy atom. The molecule has 138 valence electrons. The van der Waals surface area contributed by atoms with Crippen LogP contribution in [0.3, 0.4) is 0 Å². The maximum absolute atomic E-state index is 12.1. The topological polar surface area (TPSA) is 70.9 Å². The lowest BCUT2D eigenvalue weighted by Crippen LogP contribution is -2.26. The first kappa shape index (κ1) is 19.5. The second kappa shape index (κ2) is 9.61. The summed E-state index contributed by atoms with van der Waals surface area (Å²) in [4.78, 5) is 12.1. The molecule has 2 aromatic rings. The number of rotatable bonds is 8. The van der Waals surface area contributed by atoms with E-state index in [1.165, 1.54) is 0 Å². The second-order valence-corrected chi connectivity index (χ2v) is 6.13. The Morgan fingerprint density at radius 2 is 1.85 bits per heavy atom. The quantitative estimate of drug-likeness (QED) is 0.551. The maximum Gasteiger partial charge on any atom is 0.277 e. The fourth-order valence-electron chi connectivity index (χ4n) is 2.55. The maximum atomic E-state index is 12.1. The number of benzene rings is 2. The molecule has 1 atom stereocenters. The van der Waals surface area contributed by atoms with Crippen LogP contribution in [0, 0.1) is 0 Å².